The van der Waals surface area contributed by atoms with Crippen LogP contribution in [0.15, 0.2) is 0 Å². The molecule has 1 unspecified atom stereocenters. The van der Waals surface area contributed by atoms with Crippen molar-refractivity contribution in [3.8, 4) is 0 Å². The van der Waals surface area contributed by atoms with Gasteiger partial charge in [0.2, 0.25) is 0 Å². The number of esters is 5. The van der Waals surface area contributed by atoms with Crippen molar-refractivity contribution < 1.29 is 67.5 Å². The van der Waals surface area contributed by atoms with Gasteiger partial charge in [-0.1, -0.05) is 156 Å². The van der Waals surface area contributed by atoms with Gasteiger partial charge in [0.25, 0.3) is 0 Å². The standard InChI is InChI=1S/C57H103NO14.ClH/c1-7-11-15-19-23-27-35-51(61)68-43-47(44-69-52(62)36-28-24-20-16-12-8-2)57(56(66)67,41-40-49(33-31-34-50(59)60)72-55(65)39-32-42-58(5)6)48(45-70-53(63)37-29-25-21-17-13-9-3)46-71-54(64)38-30-26-22-18-14-10-4;/h47-49H,7-46H2,1-6H3,(H,59,60)(H,66,67);1H. The molecule has 0 bridgehead atoms. The molecule has 428 valence electrons. The molecular weight excluding hydrogens is 958 g/mol. The number of hydrogen-bond donors (Lipinski definition) is 2. The van der Waals surface area contributed by atoms with Gasteiger partial charge in [0.05, 0.1) is 31.8 Å². The van der Waals surface area contributed by atoms with Crippen molar-refractivity contribution in [1.82, 2.24) is 4.90 Å². The zero-order valence-electron chi connectivity index (χ0n) is 46.7. The third kappa shape index (κ3) is 38.7. The van der Waals surface area contributed by atoms with Crippen LogP contribution in [0.25, 0.3) is 0 Å². The van der Waals surface area contributed by atoms with E-state index in [0.717, 1.165) is 128 Å². The Morgan fingerprint density at radius 3 is 1.03 bits per heavy atom. The van der Waals surface area contributed by atoms with Crippen LogP contribution >= 0.6 is 12.4 Å². The van der Waals surface area contributed by atoms with E-state index in [1.54, 1.807) is 0 Å². The van der Waals surface area contributed by atoms with Crippen molar-refractivity contribution in [2.75, 3.05) is 47.1 Å². The summed E-state index contributed by atoms with van der Waals surface area (Å²) < 4.78 is 29.6. The van der Waals surface area contributed by atoms with Crippen molar-refractivity contribution >= 4 is 54.2 Å². The Kier molecular flexibility index (Phi) is 47.3. The monoisotopic (exact) mass is 1060 g/mol. The van der Waals surface area contributed by atoms with Crippen molar-refractivity contribution in [2.24, 2.45) is 17.3 Å². The van der Waals surface area contributed by atoms with Gasteiger partial charge in [0.15, 0.2) is 0 Å². The van der Waals surface area contributed by atoms with Gasteiger partial charge in [-0.25, -0.2) is 0 Å². The quantitative estimate of drug-likeness (QED) is 0.0330. The number of aliphatic carboxylic acids is 2. The molecule has 0 fully saturated rings. The molecule has 0 aliphatic heterocycles. The van der Waals surface area contributed by atoms with Crippen molar-refractivity contribution in [1.29, 1.82) is 0 Å². The number of hydrogen-bond acceptors (Lipinski definition) is 13. The largest absolute Gasteiger partial charge is 0.481 e. The topological polar surface area (TPSA) is 209 Å². The van der Waals surface area contributed by atoms with Crippen LogP contribution in [0.4, 0.5) is 0 Å². The van der Waals surface area contributed by atoms with E-state index < -0.39 is 91.6 Å². The van der Waals surface area contributed by atoms with Gasteiger partial charge in [-0.3, -0.25) is 33.6 Å². The Hall–Kier alpha value is -3.46. The molecule has 0 aliphatic carbocycles. The minimum absolute atomic E-state index is 0. The predicted octanol–water partition coefficient (Wildman–Crippen LogP) is 13.2. The SMILES string of the molecule is CCCCCCCCC(=O)OCC(COC(=O)CCCCCCCC)C(CCC(CCCC(=O)O)OC(=O)CCCN(C)C)(C(=O)O)C(COC(=O)CCCCCCCC)COC(=O)CCCCCCCC.Cl. The second kappa shape index (κ2) is 48.2. The Labute approximate surface area is 447 Å². The van der Waals surface area contributed by atoms with Gasteiger partial charge in [0.1, 0.15) is 6.10 Å². The van der Waals surface area contributed by atoms with Crippen molar-refractivity contribution in [3.63, 3.8) is 0 Å². The van der Waals surface area contributed by atoms with Crippen molar-refractivity contribution in [3.05, 3.63) is 0 Å². The molecule has 0 heterocycles. The fourth-order valence-electron chi connectivity index (χ4n) is 9.08. The molecule has 0 aromatic heterocycles. The van der Waals surface area contributed by atoms with E-state index in [1.807, 2.05) is 19.0 Å². The maximum Gasteiger partial charge on any atom is 0.310 e. The average Bonchev–Trinajstić information content (AvgIpc) is 3.33. The molecule has 0 aromatic carbocycles. The van der Waals surface area contributed by atoms with Crippen LogP contribution < -0.4 is 0 Å². The summed E-state index contributed by atoms with van der Waals surface area (Å²) >= 11 is 0. The van der Waals surface area contributed by atoms with Gasteiger partial charge in [-0.15, -0.1) is 12.4 Å². The van der Waals surface area contributed by atoms with Crippen LogP contribution in [0.3, 0.4) is 0 Å². The van der Waals surface area contributed by atoms with E-state index in [4.69, 9.17) is 23.7 Å². The minimum Gasteiger partial charge on any atom is -0.481 e. The highest BCUT2D eigenvalue weighted by atomic mass is 35.5. The lowest BCUT2D eigenvalue weighted by atomic mass is 9.63. The predicted molar refractivity (Wildman–Crippen MR) is 288 cm³/mol. The van der Waals surface area contributed by atoms with E-state index in [1.165, 1.54) is 0 Å². The molecule has 73 heavy (non-hydrogen) atoms. The molecule has 0 rings (SSSR count). The summed E-state index contributed by atoms with van der Waals surface area (Å²) in [4.78, 5) is 95.1. The molecule has 15 nitrogen and oxygen atoms in total. The fourth-order valence-corrected chi connectivity index (χ4v) is 9.08. The first kappa shape index (κ1) is 71.6. The highest BCUT2D eigenvalue weighted by Gasteiger charge is 2.54. The van der Waals surface area contributed by atoms with E-state index in [0.29, 0.717) is 38.6 Å². The van der Waals surface area contributed by atoms with E-state index in [2.05, 4.69) is 27.7 Å². The molecule has 0 saturated carbocycles. The van der Waals surface area contributed by atoms with Crippen molar-refractivity contribution in [2.45, 2.75) is 259 Å². The summed E-state index contributed by atoms with van der Waals surface area (Å²) in [5.74, 6) is -7.61. The number of carboxylic acid groups (broad SMARTS) is 2. The summed E-state index contributed by atoms with van der Waals surface area (Å²) in [5.41, 5.74) is -2.07. The molecule has 0 aromatic rings. The van der Waals surface area contributed by atoms with E-state index in [-0.39, 0.29) is 76.6 Å². The van der Waals surface area contributed by atoms with E-state index >= 15 is 0 Å². The third-order valence-corrected chi connectivity index (χ3v) is 13.7. The number of rotatable bonds is 51. The zero-order chi connectivity index (χ0) is 53.7. The molecular formula is C57H104ClNO14. The number of nitrogens with zero attached hydrogens (tertiary/aromatic N) is 1. The van der Waals surface area contributed by atoms with Crippen LogP contribution in [0.1, 0.15) is 252 Å². The molecule has 0 spiro atoms. The first-order valence-electron chi connectivity index (χ1n) is 28.6. The summed E-state index contributed by atoms with van der Waals surface area (Å²) in [6, 6.07) is 0. The Morgan fingerprint density at radius 2 is 0.726 bits per heavy atom. The molecule has 0 radical (unpaired) electrons. The molecule has 0 saturated heterocycles. The van der Waals surface area contributed by atoms with Crippen LogP contribution in [0.2, 0.25) is 0 Å². The highest BCUT2D eigenvalue weighted by Crippen LogP contribution is 2.44. The van der Waals surface area contributed by atoms with Crippen LogP contribution in [0.5, 0.6) is 0 Å². The Balaban J connectivity index is 0. The van der Waals surface area contributed by atoms with Crippen LogP contribution in [-0.4, -0.2) is 110 Å². The maximum absolute atomic E-state index is 14.5. The number of carbonyl (C=O) groups is 7. The average molecular weight is 1060 g/mol. The molecule has 16 heteroatoms. The van der Waals surface area contributed by atoms with Gasteiger partial charge < -0.3 is 38.8 Å². The molecule has 2 N–H and O–H groups in total. The van der Waals surface area contributed by atoms with Gasteiger partial charge in [0, 0.05) is 50.4 Å². The zero-order valence-corrected chi connectivity index (χ0v) is 47.5. The van der Waals surface area contributed by atoms with Crippen LogP contribution in [-0.2, 0) is 57.2 Å². The number of ether oxygens (including phenoxy) is 5. The number of unbranched alkanes of at least 4 members (excludes halogenated alkanes) is 20. The lowest BCUT2D eigenvalue weighted by molar-refractivity contribution is -0.181. The highest BCUT2D eigenvalue weighted by molar-refractivity contribution is 5.85. The summed E-state index contributed by atoms with van der Waals surface area (Å²) in [7, 11) is 3.77. The molecule has 1 atom stereocenters. The Morgan fingerprint density at radius 1 is 0.411 bits per heavy atom. The van der Waals surface area contributed by atoms with Crippen LogP contribution in [0, 0.1) is 17.3 Å². The number of halogens is 1. The van der Waals surface area contributed by atoms with E-state index in [9.17, 15) is 43.8 Å². The first-order valence-corrected chi connectivity index (χ1v) is 28.6. The first-order chi connectivity index (χ1) is 34.7. The third-order valence-electron chi connectivity index (χ3n) is 13.7. The summed E-state index contributed by atoms with van der Waals surface area (Å²) in [5, 5.41) is 21.3. The van der Waals surface area contributed by atoms with Gasteiger partial charge in [-0.2, -0.15) is 0 Å². The Bertz CT molecular complexity index is 1310. The summed E-state index contributed by atoms with van der Waals surface area (Å²) in [6.45, 7) is 7.21. The van der Waals surface area contributed by atoms with Gasteiger partial charge in [-0.05, 0) is 78.4 Å². The second-order valence-corrected chi connectivity index (χ2v) is 20.4. The lowest BCUT2D eigenvalue weighted by Crippen LogP contribution is -2.52. The maximum atomic E-state index is 14.5. The van der Waals surface area contributed by atoms with Gasteiger partial charge >= 0.3 is 41.8 Å². The summed E-state index contributed by atoms with van der Waals surface area (Å²) in [6.07, 6.45) is 22.1. The number of carbonyl (C=O) groups excluding carboxylic acids is 5. The smallest absolute Gasteiger partial charge is 0.310 e. The second-order valence-electron chi connectivity index (χ2n) is 20.4. The lowest BCUT2D eigenvalue weighted by Gasteiger charge is -2.42. The molecule has 0 amide bonds. The fraction of sp³-hybridized carbons (Fsp3) is 0.877. The number of carboxylic acids is 2. The molecule has 0 aliphatic rings. The minimum atomic E-state index is -2.07. The normalized spacial score (nSPS) is 11.8.